The monoisotopic (exact) mass is 186 g/mol. The van der Waals surface area contributed by atoms with Crippen LogP contribution in [0.2, 0.25) is 0 Å². The fourth-order valence-corrected chi connectivity index (χ4v) is 1.55. The van der Waals surface area contributed by atoms with E-state index in [1.165, 1.54) is 0 Å². The minimum Gasteiger partial charge on any atom is -0.352 e. The molecule has 0 saturated carbocycles. The molecule has 78 valence electrons. The summed E-state index contributed by atoms with van der Waals surface area (Å²) in [5.41, 5.74) is 0.233. The first-order valence-electron chi connectivity index (χ1n) is 5.18. The average molecular weight is 186 g/mol. The molecule has 1 aliphatic heterocycles. The van der Waals surface area contributed by atoms with E-state index in [9.17, 15) is 0 Å². The third-order valence-electron chi connectivity index (χ3n) is 2.47. The van der Waals surface area contributed by atoms with E-state index in [1.807, 2.05) is 0 Å². The fraction of sp³-hybridized carbons (Fsp3) is 1.00. The standard InChI is InChI=1S/C11H22O2/c1-8(2)10-12-7-6-9(13-10)11(3,4)5/h8-10H,6-7H2,1-5H3. The van der Waals surface area contributed by atoms with Crippen molar-refractivity contribution in [3.63, 3.8) is 0 Å². The van der Waals surface area contributed by atoms with Crippen LogP contribution in [0.5, 0.6) is 0 Å². The molecule has 0 amide bonds. The summed E-state index contributed by atoms with van der Waals surface area (Å²) < 4.78 is 11.4. The second kappa shape index (κ2) is 3.97. The molecule has 1 saturated heterocycles. The van der Waals surface area contributed by atoms with E-state index in [-0.39, 0.29) is 11.7 Å². The maximum atomic E-state index is 5.89. The van der Waals surface area contributed by atoms with Crippen LogP contribution in [0.25, 0.3) is 0 Å². The average Bonchev–Trinajstić information content (AvgIpc) is 2.03. The molecule has 0 aromatic rings. The third kappa shape index (κ3) is 2.96. The Kier molecular flexibility index (Phi) is 3.36. The Morgan fingerprint density at radius 2 is 1.85 bits per heavy atom. The van der Waals surface area contributed by atoms with Gasteiger partial charge < -0.3 is 9.47 Å². The summed E-state index contributed by atoms with van der Waals surface area (Å²) >= 11 is 0. The van der Waals surface area contributed by atoms with Crippen LogP contribution in [0.4, 0.5) is 0 Å². The molecule has 2 atom stereocenters. The first-order valence-corrected chi connectivity index (χ1v) is 5.18. The van der Waals surface area contributed by atoms with Crippen LogP contribution in [0.15, 0.2) is 0 Å². The molecule has 0 aromatic carbocycles. The van der Waals surface area contributed by atoms with E-state index in [2.05, 4.69) is 34.6 Å². The van der Waals surface area contributed by atoms with E-state index in [4.69, 9.17) is 9.47 Å². The second-order valence-electron chi connectivity index (χ2n) is 5.26. The van der Waals surface area contributed by atoms with Crippen LogP contribution in [0.3, 0.4) is 0 Å². The van der Waals surface area contributed by atoms with Gasteiger partial charge in [-0.1, -0.05) is 34.6 Å². The van der Waals surface area contributed by atoms with Gasteiger partial charge in [0.25, 0.3) is 0 Å². The van der Waals surface area contributed by atoms with Crippen LogP contribution in [-0.2, 0) is 9.47 Å². The Morgan fingerprint density at radius 1 is 1.23 bits per heavy atom. The van der Waals surface area contributed by atoms with Crippen molar-refractivity contribution in [1.29, 1.82) is 0 Å². The Morgan fingerprint density at radius 3 is 2.31 bits per heavy atom. The highest BCUT2D eigenvalue weighted by atomic mass is 16.7. The highest BCUT2D eigenvalue weighted by Gasteiger charge is 2.32. The lowest BCUT2D eigenvalue weighted by Gasteiger charge is -2.39. The summed E-state index contributed by atoms with van der Waals surface area (Å²) in [7, 11) is 0. The highest BCUT2D eigenvalue weighted by molar-refractivity contribution is 4.77. The summed E-state index contributed by atoms with van der Waals surface area (Å²) in [6.45, 7) is 11.8. The van der Waals surface area contributed by atoms with E-state index in [1.54, 1.807) is 0 Å². The first kappa shape index (κ1) is 11.0. The zero-order chi connectivity index (χ0) is 10.1. The number of hydrogen-bond acceptors (Lipinski definition) is 2. The SMILES string of the molecule is CC(C)C1OCCC(C(C)(C)C)O1. The van der Waals surface area contributed by atoms with Crippen molar-refractivity contribution in [2.75, 3.05) is 6.61 Å². The predicted molar refractivity (Wildman–Crippen MR) is 53.5 cm³/mol. The normalized spacial score (nSPS) is 30.9. The molecule has 2 heteroatoms. The third-order valence-corrected chi connectivity index (χ3v) is 2.47. The lowest BCUT2D eigenvalue weighted by Crippen LogP contribution is -2.41. The van der Waals surface area contributed by atoms with Gasteiger partial charge in [0.15, 0.2) is 6.29 Å². The fourth-order valence-electron chi connectivity index (χ4n) is 1.55. The van der Waals surface area contributed by atoms with Crippen LogP contribution in [0, 0.1) is 11.3 Å². The second-order valence-corrected chi connectivity index (χ2v) is 5.26. The van der Waals surface area contributed by atoms with Crippen molar-refractivity contribution in [2.24, 2.45) is 11.3 Å². The van der Waals surface area contributed by atoms with E-state index < -0.39 is 0 Å². The summed E-state index contributed by atoms with van der Waals surface area (Å²) in [6, 6.07) is 0. The van der Waals surface area contributed by atoms with Crippen LogP contribution in [-0.4, -0.2) is 19.0 Å². The summed E-state index contributed by atoms with van der Waals surface area (Å²) in [4.78, 5) is 0. The maximum Gasteiger partial charge on any atom is 0.160 e. The molecule has 2 unspecified atom stereocenters. The molecular formula is C11H22O2. The minimum atomic E-state index is -0.00187. The number of ether oxygens (including phenoxy) is 2. The van der Waals surface area contributed by atoms with Crippen molar-refractivity contribution in [3.8, 4) is 0 Å². The minimum absolute atomic E-state index is 0.00187. The topological polar surface area (TPSA) is 18.5 Å². The van der Waals surface area contributed by atoms with Gasteiger partial charge in [0.1, 0.15) is 0 Å². The van der Waals surface area contributed by atoms with Crippen LogP contribution >= 0.6 is 0 Å². The van der Waals surface area contributed by atoms with E-state index in [0.29, 0.717) is 12.0 Å². The van der Waals surface area contributed by atoms with Gasteiger partial charge in [-0.3, -0.25) is 0 Å². The van der Waals surface area contributed by atoms with Gasteiger partial charge in [-0.25, -0.2) is 0 Å². The first-order chi connectivity index (χ1) is 5.91. The Bertz CT molecular complexity index is 158. The quantitative estimate of drug-likeness (QED) is 0.627. The molecule has 1 aliphatic rings. The number of hydrogen-bond donors (Lipinski definition) is 0. The number of rotatable bonds is 1. The van der Waals surface area contributed by atoms with Gasteiger partial charge >= 0.3 is 0 Å². The molecule has 1 heterocycles. The lowest BCUT2D eigenvalue weighted by molar-refractivity contribution is -0.250. The Labute approximate surface area is 81.6 Å². The van der Waals surface area contributed by atoms with Crippen LogP contribution < -0.4 is 0 Å². The summed E-state index contributed by atoms with van der Waals surface area (Å²) in [6.07, 6.45) is 1.36. The molecule has 1 fully saturated rings. The molecule has 0 aromatic heterocycles. The largest absolute Gasteiger partial charge is 0.352 e. The maximum absolute atomic E-state index is 5.89. The molecule has 0 aliphatic carbocycles. The highest BCUT2D eigenvalue weighted by Crippen LogP contribution is 2.30. The predicted octanol–water partition coefficient (Wildman–Crippen LogP) is 2.82. The molecular weight excluding hydrogens is 164 g/mol. The van der Waals surface area contributed by atoms with Crippen LogP contribution in [0.1, 0.15) is 41.0 Å². The molecule has 0 bridgehead atoms. The Balaban J connectivity index is 2.52. The van der Waals surface area contributed by atoms with Gasteiger partial charge in [0.2, 0.25) is 0 Å². The van der Waals surface area contributed by atoms with Crippen molar-refractivity contribution in [3.05, 3.63) is 0 Å². The van der Waals surface area contributed by atoms with Crippen molar-refractivity contribution < 1.29 is 9.47 Å². The molecule has 13 heavy (non-hydrogen) atoms. The van der Waals surface area contributed by atoms with Crippen molar-refractivity contribution >= 4 is 0 Å². The van der Waals surface area contributed by atoms with Gasteiger partial charge in [-0.05, 0) is 11.8 Å². The molecule has 0 spiro atoms. The van der Waals surface area contributed by atoms with Gasteiger partial charge in [-0.15, -0.1) is 0 Å². The molecule has 2 nitrogen and oxygen atoms in total. The Hall–Kier alpha value is -0.0800. The zero-order valence-corrected chi connectivity index (χ0v) is 9.46. The molecule has 0 N–H and O–H groups in total. The van der Waals surface area contributed by atoms with E-state index >= 15 is 0 Å². The van der Waals surface area contributed by atoms with Gasteiger partial charge in [-0.2, -0.15) is 0 Å². The lowest BCUT2D eigenvalue weighted by atomic mass is 9.86. The smallest absolute Gasteiger partial charge is 0.160 e. The summed E-state index contributed by atoms with van der Waals surface area (Å²) in [5, 5.41) is 0. The summed E-state index contributed by atoms with van der Waals surface area (Å²) in [5.74, 6) is 0.449. The van der Waals surface area contributed by atoms with Gasteiger partial charge in [0.05, 0.1) is 12.7 Å². The molecule has 0 radical (unpaired) electrons. The van der Waals surface area contributed by atoms with Crippen molar-refractivity contribution in [1.82, 2.24) is 0 Å². The zero-order valence-electron chi connectivity index (χ0n) is 9.46. The van der Waals surface area contributed by atoms with Crippen molar-refractivity contribution in [2.45, 2.75) is 53.4 Å². The van der Waals surface area contributed by atoms with Gasteiger partial charge in [0, 0.05) is 5.92 Å². The van der Waals surface area contributed by atoms with E-state index in [0.717, 1.165) is 13.0 Å². The molecule has 1 rings (SSSR count).